The Bertz CT molecular complexity index is 313. The molecule has 0 bridgehead atoms. The van der Waals surface area contributed by atoms with Gasteiger partial charge in [-0.15, -0.1) is 0 Å². The Balaban J connectivity index is 2.41. The van der Waals surface area contributed by atoms with Gasteiger partial charge in [-0.1, -0.05) is 30.3 Å². The van der Waals surface area contributed by atoms with Crippen LogP contribution in [-0.2, 0) is 11.2 Å². The Morgan fingerprint density at radius 3 is 2.47 bits per heavy atom. The second-order valence-electron chi connectivity index (χ2n) is 3.47. The monoisotopic (exact) mass is 209 g/mol. The highest BCUT2D eigenvalue weighted by Crippen LogP contribution is 2.06. The van der Waals surface area contributed by atoms with Crippen LogP contribution in [0, 0.1) is 0 Å². The molecule has 0 heterocycles. The van der Waals surface area contributed by atoms with E-state index in [4.69, 9.17) is 15.9 Å². The smallest absolute Gasteiger partial charge is 0.334 e. The van der Waals surface area contributed by atoms with E-state index in [0.29, 0.717) is 12.8 Å². The topological polar surface area (TPSA) is 83.5 Å². The van der Waals surface area contributed by atoms with E-state index in [0.717, 1.165) is 5.56 Å². The lowest BCUT2D eigenvalue weighted by Gasteiger charge is -2.14. The summed E-state index contributed by atoms with van der Waals surface area (Å²) in [5.41, 5.74) is 6.62. The van der Waals surface area contributed by atoms with Gasteiger partial charge in [0.2, 0.25) is 0 Å². The fourth-order valence-electron chi connectivity index (χ4n) is 1.32. The van der Waals surface area contributed by atoms with Crippen molar-refractivity contribution < 1.29 is 15.0 Å². The van der Waals surface area contributed by atoms with Gasteiger partial charge in [0, 0.05) is 6.04 Å². The molecule has 0 fully saturated rings. The number of aliphatic hydroxyl groups excluding tert-OH is 1. The van der Waals surface area contributed by atoms with Crippen molar-refractivity contribution in [1.29, 1.82) is 0 Å². The zero-order valence-electron chi connectivity index (χ0n) is 8.34. The molecule has 1 rings (SSSR count). The molecular weight excluding hydrogens is 194 g/mol. The number of carboxylic acids is 1. The first-order valence-electron chi connectivity index (χ1n) is 4.81. The van der Waals surface area contributed by atoms with Crippen LogP contribution in [0.4, 0.5) is 0 Å². The predicted molar refractivity (Wildman–Crippen MR) is 56.4 cm³/mol. The average molecular weight is 209 g/mol. The number of aliphatic hydroxyl groups is 1. The Kier molecular flexibility index (Phi) is 4.27. The van der Waals surface area contributed by atoms with Crippen LogP contribution in [0.15, 0.2) is 30.3 Å². The van der Waals surface area contributed by atoms with Gasteiger partial charge in [0.25, 0.3) is 0 Å². The second kappa shape index (κ2) is 5.48. The first kappa shape index (κ1) is 11.7. The van der Waals surface area contributed by atoms with Crippen LogP contribution in [0.25, 0.3) is 0 Å². The number of benzene rings is 1. The van der Waals surface area contributed by atoms with Crippen molar-refractivity contribution in [2.24, 2.45) is 5.73 Å². The molecule has 1 aromatic carbocycles. The Morgan fingerprint density at radius 1 is 1.33 bits per heavy atom. The van der Waals surface area contributed by atoms with Gasteiger partial charge in [0.05, 0.1) is 0 Å². The molecule has 4 N–H and O–H groups in total. The van der Waals surface area contributed by atoms with Crippen LogP contribution < -0.4 is 5.73 Å². The predicted octanol–water partition coefficient (Wildman–Crippen LogP) is 0.392. The molecule has 82 valence electrons. The summed E-state index contributed by atoms with van der Waals surface area (Å²) in [5, 5.41) is 17.7. The molecule has 1 aromatic rings. The first-order valence-corrected chi connectivity index (χ1v) is 4.81. The molecule has 4 heteroatoms. The van der Waals surface area contributed by atoms with Gasteiger partial charge in [-0.05, 0) is 18.4 Å². The fourth-order valence-corrected chi connectivity index (χ4v) is 1.32. The summed E-state index contributed by atoms with van der Waals surface area (Å²) in [6.07, 6.45) is -0.349. The van der Waals surface area contributed by atoms with E-state index in [1.54, 1.807) is 0 Å². The standard InChI is InChI=1S/C11H15NO3/c12-9(10(13)11(14)15)7-6-8-4-2-1-3-5-8/h1-5,9-10,13H,6-7,12H2,(H,14,15)/t9-,10+/m0/s1. The Morgan fingerprint density at radius 2 is 1.93 bits per heavy atom. The van der Waals surface area contributed by atoms with Crippen molar-refractivity contribution in [1.82, 2.24) is 0 Å². The van der Waals surface area contributed by atoms with E-state index < -0.39 is 18.1 Å². The number of aliphatic carboxylic acids is 1. The van der Waals surface area contributed by atoms with Crippen LogP contribution in [0.3, 0.4) is 0 Å². The van der Waals surface area contributed by atoms with Crippen LogP contribution in [0.5, 0.6) is 0 Å². The largest absolute Gasteiger partial charge is 0.479 e. The molecule has 0 spiro atoms. The highest BCUT2D eigenvalue weighted by molar-refractivity contribution is 5.72. The Labute approximate surface area is 88.3 Å². The molecule has 0 saturated carbocycles. The molecule has 0 aliphatic rings. The van der Waals surface area contributed by atoms with Crippen LogP contribution >= 0.6 is 0 Å². The minimum absolute atomic E-state index is 0.456. The minimum Gasteiger partial charge on any atom is -0.479 e. The molecule has 15 heavy (non-hydrogen) atoms. The third kappa shape index (κ3) is 3.69. The highest BCUT2D eigenvalue weighted by Gasteiger charge is 2.21. The molecule has 0 amide bonds. The fraction of sp³-hybridized carbons (Fsp3) is 0.364. The van der Waals surface area contributed by atoms with E-state index in [9.17, 15) is 4.79 Å². The summed E-state index contributed by atoms with van der Waals surface area (Å²) >= 11 is 0. The van der Waals surface area contributed by atoms with Gasteiger partial charge in [0.15, 0.2) is 6.10 Å². The number of aryl methyl sites for hydroxylation is 1. The molecule has 0 aliphatic carbocycles. The normalized spacial score (nSPS) is 14.5. The van der Waals surface area contributed by atoms with Gasteiger partial charge in [-0.25, -0.2) is 4.79 Å². The number of carbonyl (C=O) groups is 1. The van der Waals surface area contributed by atoms with Crippen molar-refractivity contribution >= 4 is 5.97 Å². The van der Waals surface area contributed by atoms with E-state index in [-0.39, 0.29) is 0 Å². The molecule has 0 aromatic heterocycles. The van der Waals surface area contributed by atoms with Gasteiger partial charge in [0.1, 0.15) is 0 Å². The Hall–Kier alpha value is -1.39. The molecule has 0 saturated heterocycles. The quantitative estimate of drug-likeness (QED) is 0.655. The van der Waals surface area contributed by atoms with E-state index in [1.165, 1.54) is 0 Å². The number of rotatable bonds is 5. The van der Waals surface area contributed by atoms with Gasteiger partial charge in [-0.3, -0.25) is 0 Å². The zero-order chi connectivity index (χ0) is 11.3. The van der Waals surface area contributed by atoms with Crippen molar-refractivity contribution in [3.05, 3.63) is 35.9 Å². The molecule has 0 aliphatic heterocycles. The summed E-state index contributed by atoms with van der Waals surface area (Å²) in [6.45, 7) is 0. The van der Waals surface area contributed by atoms with E-state index in [2.05, 4.69) is 0 Å². The SMILES string of the molecule is N[C@@H](CCc1ccccc1)[C@@H](O)C(=O)O. The second-order valence-corrected chi connectivity index (χ2v) is 3.47. The maximum atomic E-state index is 10.4. The van der Waals surface area contributed by atoms with Crippen LogP contribution in [0.1, 0.15) is 12.0 Å². The number of hydrogen-bond acceptors (Lipinski definition) is 3. The van der Waals surface area contributed by atoms with E-state index >= 15 is 0 Å². The minimum atomic E-state index is -1.48. The lowest BCUT2D eigenvalue weighted by atomic mass is 10.0. The molecule has 2 atom stereocenters. The summed E-state index contributed by atoms with van der Waals surface area (Å²) in [6, 6.07) is 8.90. The maximum absolute atomic E-state index is 10.4. The van der Waals surface area contributed by atoms with E-state index in [1.807, 2.05) is 30.3 Å². The molecule has 0 radical (unpaired) electrons. The van der Waals surface area contributed by atoms with Gasteiger partial charge >= 0.3 is 5.97 Å². The van der Waals surface area contributed by atoms with Crippen molar-refractivity contribution in [3.8, 4) is 0 Å². The van der Waals surface area contributed by atoms with Crippen LogP contribution in [0.2, 0.25) is 0 Å². The summed E-state index contributed by atoms with van der Waals surface area (Å²) in [5.74, 6) is -1.27. The summed E-state index contributed by atoms with van der Waals surface area (Å²) in [4.78, 5) is 10.4. The molecule has 4 nitrogen and oxygen atoms in total. The lowest BCUT2D eigenvalue weighted by Crippen LogP contribution is -2.40. The lowest BCUT2D eigenvalue weighted by molar-refractivity contribution is -0.147. The number of hydrogen-bond donors (Lipinski definition) is 3. The zero-order valence-corrected chi connectivity index (χ0v) is 8.34. The average Bonchev–Trinajstić information content (AvgIpc) is 2.26. The van der Waals surface area contributed by atoms with Crippen molar-refractivity contribution in [3.63, 3.8) is 0 Å². The third-order valence-electron chi connectivity index (χ3n) is 2.27. The first-order chi connectivity index (χ1) is 7.11. The van der Waals surface area contributed by atoms with Crippen molar-refractivity contribution in [2.45, 2.75) is 25.0 Å². The summed E-state index contributed by atoms with van der Waals surface area (Å²) in [7, 11) is 0. The number of carboxylic acid groups (broad SMARTS) is 1. The van der Waals surface area contributed by atoms with Gasteiger partial charge in [-0.2, -0.15) is 0 Å². The van der Waals surface area contributed by atoms with Crippen LogP contribution in [-0.4, -0.2) is 28.3 Å². The number of nitrogens with two attached hydrogens (primary N) is 1. The molecule has 0 unspecified atom stereocenters. The van der Waals surface area contributed by atoms with Crippen molar-refractivity contribution in [2.75, 3.05) is 0 Å². The molecular formula is C11H15NO3. The van der Waals surface area contributed by atoms with Gasteiger partial charge < -0.3 is 15.9 Å². The third-order valence-corrected chi connectivity index (χ3v) is 2.27. The summed E-state index contributed by atoms with van der Waals surface area (Å²) < 4.78 is 0. The maximum Gasteiger partial charge on any atom is 0.334 e. The highest BCUT2D eigenvalue weighted by atomic mass is 16.4.